The second-order valence-corrected chi connectivity index (χ2v) is 14.4. The third-order valence-corrected chi connectivity index (χ3v) is 8.38. The smallest absolute Gasteiger partial charge is 0.340 e. The average molecular weight is 745 g/mol. The Kier molecular flexibility index (Phi) is 12.1. The second kappa shape index (κ2) is 16.7. The summed E-state index contributed by atoms with van der Waals surface area (Å²) in [4.78, 5) is 33.0. The van der Waals surface area contributed by atoms with Gasteiger partial charge in [0.25, 0.3) is 0 Å². The third kappa shape index (κ3) is 10.1. The molecule has 0 aliphatic heterocycles. The zero-order valence-electron chi connectivity index (χ0n) is 31.2. The Morgan fingerprint density at radius 3 is 1.80 bits per heavy atom. The maximum absolute atomic E-state index is 14.0. The Labute approximate surface area is 320 Å². The number of benzene rings is 4. The number of halogens is 2. The first-order valence-electron chi connectivity index (χ1n) is 17.2. The van der Waals surface area contributed by atoms with Gasteiger partial charge in [0.2, 0.25) is 0 Å². The minimum absolute atomic E-state index is 0.191. The first-order chi connectivity index (χ1) is 25.6. The van der Waals surface area contributed by atoms with Crippen LogP contribution in [0, 0.1) is 33.5 Å². The summed E-state index contributed by atoms with van der Waals surface area (Å²) in [5.41, 5.74) is 9.21. The first kappa shape index (κ1) is 39.2. The fourth-order valence-corrected chi connectivity index (χ4v) is 5.87. The van der Waals surface area contributed by atoms with Crippen LogP contribution in [-0.4, -0.2) is 32.6 Å². The van der Waals surface area contributed by atoms with E-state index in [2.05, 4.69) is 20.6 Å². The van der Waals surface area contributed by atoms with Crippen LogP contribution in [0.2, 0.25) is 5.02 Å². The molecule has 0 saturated heterocycles. The van der Waals surface area contributed by atoms with Crippen molar-refractivity contribution in [3.63, 3.8) is 0 Å². The van der Waals surface area contributed by atoms with Gasteiger partial charge in [-0.05, 0) is 120 Å². The molecule has 2 aromatic heterocycles. The third-order valence-electron chi connectivity index (χ3n) is 8.14. The summed E-state index contributed by atoms with van der Waals surface area (Å²) < 4.78 is 19.5. The Morgan fingerprint density at radius 2 is 1.26 bits per heavy atom. The number of esters is 1. The van der Waals surface area contributed by atoms with Crippen LogP contribution in [0.1, 0.15) is 63.7 Å². The molecular weight excluding hydrogens is 703 g/mol. The number of nitrogens with zero attached hydrogens (tertiary/aromatic N) is 2. The molecule has 2 heterocycles. The highest BCUT2D eigenvalue weighted by Gasteiger charge is 2.21. The minimum Gasteiger partial charge on any atom is -0.478 e. The van der Waals surface area contributed by atoms with Gasteiger partial charge in [-0.1, -0.05) is 59.1 Å². The van der Waals surface area contributed by atoms with Crippen molar-refractivity contribution < 1.29 is 23.8 Å². The van der Waals surface area contributed by atoms with Crippen molar-refractivity contribution in [3.8, 4) is 22.5 Å². The van der Waals surface area contributed by atoms with Crippen LogP contribution in [0.15, 0.2) is 109 Å². The molecule has 0 aliphatic carbocycles. The summed E-state index contributed by atoms with van der Waals surface area (Å²) in [6.07, 6.45) is 3.32. The van der Waals surface area contributed by atoms with Gasteiger partial charge in [-0.3, -0.25) is 9.97 Å². The van der Waals surface area contributed by atoms with Crippen molar-refractivity contribution >= 4 is 46.3 Å². The minimum atomic E-state index is -1.00. The normalized spacial score (nSPS) is 10.9. The quantitative estimate of drug-likeness (QED) is 0.132. The molecule has 3 N–H and O–H groups in total. The Balaban J connectivity index is 0.000000210. The van der Waals surface area contributed by atoms with E-state index in [-0.39, 0.29) is 17.3 Å². The summed E-state index contributed by atoms with van der Waals surface area (Å²) in [6.45, 7) is 13.2. The number of hydrogen-bond acceptors (Lipinski definition) is 7. The van der Waals surface area contributed by atoms with Gasteiger partial charge in [-0.2, -0.15) is 0 Å². The number of carbonyl (C=O) groups excluding carboxylic acids is 1. The van der Waals surface area contributed by atoms with Gasteiger partial charge in [0.15, 0.2) is 0 Å². The number of nitrogens with one attached hydrogen (secondary N) is 2. The molecule has 0 unspecified atom stereocenters. The van der Waals surface area contributed by atoms with Gasteiger partial charge in [0.05, 0.1) is 57.7 Å². The van der Waals surface area contributed by atoms with Crippen LogP contribution in [0.3, 0.4) is 0 Å². The lowest BCUT2D eigenvalue weighted by Crippen LogP contribution is -2.24. The Morgan fingerprint density at radius 1 is 0.704 bits per heavy atom. The van der Waals surface area contributed by atoms with Crippen molar-refractivity contribution in [2.24, 2.45) is 0 Å². The molecule has 54 heavy (non-hydrogen) atoms. The van der Waals surface area contributed by atoms with Crippen molar-refractivity contribution in [2.75, 3.05) is 10.6 Å². The van der Waals surface area contributed by atoms with Crippen LogP contribution in [-0.2, 0) is 4.74 Å². The highest BCUT2D eigenvalue weighted by molar-refractivity contribution is 6.30. The summed E-state index contributed by atoms with van der Waals surface area (Å²) in [7, 11) is 0. The number of ether oxygens (including phenoxy) is 1. The zero-order chi connectivity index (χ0) is 39.2. The number of hydrogen-bond donors (Lipinski definition) is 3. The molecule has 0 fully saturated rings. The van der Waals surface area contributed by atoms with Crippen molar-refractivity contribution in [1.82, 2.24) is 9.97 Å². The molecular formula is C44H42ClFN4O4. The molecule has 0 spiro atoms. The molecule has 276 valence electrons. The van der Waals surface area contributed by atoms with Crippen LogP contribution in [0.5, 0.6) is 0 Å². The average Bonchev–Trinajstić information content (AvgIpc) is 3.10. The maximum Gasteiger partial charge on any atom is 0.340 e. The summed E-state index contributed by atoms with van der Waals surface area (Å²) in [6, 6.07) is 28.8. The fourth-order valence-electron chi connectivity index (χ4n) is 5.68. The van der Waals surface area contributed by atoms with E-state index in [1.165, 1.54) is 6.07 Å². The van der Waals surface area contributed by atoms with Gasteiger partial charge < -0.3 is 20.5 Å². The lowest BCUT2D eigenvalue weighted by molar-refractivity contribution is 0.00703. The van der Waals surface area contributed by atoms with Gasteiger partial charge in [-0.15, -0.1) is 0 Å². The predicted octanol–water partition coefficient (Wildman–Crippen LogP) is 11.7. The molecule has 8 nitrogen and oxygen atoms in total. The number of anilines is 4. The summed E-state index contributed by atoms with van der Waals surface area (Å²) in [5, 5.41) is 16.4. The van der Waals surface area contributed by atoms with Gasteiger partial charge in [-0.25, -0.2) is 14.0 Å². The topological polar surface area (TPSA) is 113 Å². The number of carbonyl (C=O) groups is 2. The molecule has 0 bridgehead atoms. The molecule has 6 aromatic rings. The Bertz CT molecular complexity index is 2340. The van der Waals surface area contributed by atoms with E-state index < -0.39 is 11.6 Å². The number of carboxylic acids is 1. The molecule has 6 rings (SSSR count). The second-order valence-electron chi connectivity index (χ2n) is 13.9. The number of aromatic carboxylic acids is 1. The molecule has 0 aliphatic rings. The van der Waals surface area contributed by atoms with Gasteiger partial charge in [0, 0.05) is 16.1 Å². The zero-order valence-corrected chi connectivity index (χ0v) is 32.0. The Hall–Kier alpha value is -6.06. The molecule has 0 saturated carbocycles. The molecule has 0 atom stereocenters. The van der Waals surface area contributed by atoms with Gasteiger partial charge >= 0.3 is 11.9 Å². The number of pyridine rings is 2. The number of rotatable bonds is 8. The van der Waals surface area contributed by atoms with Crippen LogP contribution < -0.4 is 10.6 Å². The number of aromatic nitrogens is 2. The van der Waals surface area contributed by atoms with Crippen molar-refractivity contribution in [1.29, 1.82) is 0 Å². The van der Waals surface area contributed by atoms with E-state index in [1.807, 2.05) is 109 Å². The van der Waals surface area contributed by atoms with Gasteiger partial charge in [0.1, 0.15) is 11.4 Å². The summed E-state index contributed by atoms with van der Waals surface area (Å²) >= 11 is 6.11. The lowest BCUT2D eigenvalue weighted by Gasteiger charge is -2.21. The van der Waals surface area contributed by atoms with E-state index in [4.69, 9.17) is 16.3 Å². The molecule has 10 heteroatoms. The van der Waals surface area contributed by atoms with E-state index >= 15 is 0 Å². The first-order valence-corrected chi connectivity index (χ1v) is 17.6. The van der Waals surface area contributed by atoms with Crippen LogP contribution >= 0.6 is 11.6 Å². The standard InChI is InChI=1S/C24H25ClN2O2.C20H17FN2O2/c1-15-9-10-21(20(11-15)23(28)29-24(3,4)5)27-19-12-16(2)22(26-14-19)17-7-6-8-18(25)13-17;1-12-7-8-18(16(9-12)20(24)25)23-14-10-13(2)19(22-11-14)15-5-3-4-6-17(15)21/h6-14,27H,1-5H3;3-11,23H,1-2H3,(H,24,25). The fraction of sp³-hybridized carbons (Fsp3) is 0.182. The predicted molar refractivity (Wildman–Crippen MR) is 215 cm³/mol. The molecule has 0 amide bonds. The molecule has 4 aromatic carbocycles. The van der Waals surface area contributed by atoms with Crippen LogP contribution in [0.4, 0.5) is 27.1 Å². The lowest BCUT2D eigenvalue weighted by atomic mass is 10.1. The maximum atomic E-state index is 14.0. The highest BCUT2D eigenvalue weighted by Crippen LogP contribution is 2.30. The monoisotopic (exact) mass is 744 g/mol. The number of carboxylic acid groups (broad SMARTS) is 1. The SMILES string of the molecule is Cc1ccc(Nc2cnc(-c3cccc(Cl)c3)c(C)c2)c(C(=O)OC(C)(C)C)c1.Cc1ccc(Nc2cnc(-c3ccccc3F)c(C)c2)c(C(=O)O)c1. The van der Waals surface area contributed by atoms with E-state index in [0.717, 1.165) is 39.2 Å². The van der Waals surface area contributed by atoms with E-state index in [1.54, 1.807) is 42.7 Å². The number of aryl methyl sites for hydroxylation is 4. The van der Waals surface area contributed by atoms with E-state index in [0.29, 0.717) is 38.9 Å². The highest BCUT2D eigenvalue weighted by atomic mass is 35.5. The van der Waals surface area contributed by atoms with E-state index in [9.17, 15) is 19.1 Å². The van der Waals surface area contributed by atoms with Crippen molar-refractivity contribution in [2.45, 2.75) is 54.1 Å². The summed E-state index contributed by atoms with van der Waals surface area (Å²) in [5.74, 6) is -1.69. The van der Waals surface area contributed by atoms with Crippen molar-refractivity contribution in [3.05, 3.63) is 154 Å². The van der Waals surface area contributed by atoms with Crippen LogP contribution in [0.25, 0.3) is 22.5 Å². The largest absolute Gasteiger partial charge is 0.478 e. The molecule has 0 radical (unpaired) electrons.